The van der Waals surface area contributed by atoms with Gasteiger partial charge in [-0.15, -0.1) is 0 Å². The zero-order chi connectivity index (χ0) is 70.3. The van der Waals surface area contributed by atoms with E-state index in [0.29, 0.717) is 25.7 Å². The van der Waals surface area contributed by atoms with E-state index < -0.39 is 97.5 Å². The number of carbonyl (C=O) groups is 4. The van der Waals surface area contributed by atoms with Crippen LogP contribution in [-0.2, 0) is 65.4 Å². The maximum atomic E-state index is 13.1. The molecule has 0 saturated carbocycles. The molecule has 0 radical (unpaired) electrons. The Balaban J connectivity index is 5.26. The van der Waals surface area contributed by atoms with Crippen molar-refractivity contribution in [3.05, 3.63) is 0 Å². The molecule has 95 heavy (non-hydrogen) atoms. The number of rotatable bonds is 73. The molecule has 0 aromatic carbocycles. The second-order valence-corrected chi connectivity index (χ2v) is 32.2. The number of esters is 4. The highest BCUT2D eigenvalue weighted by atomic mass is 31.2. The van der Waals surface area contributed by atoms with Crippen LogP contribution in [0.1, 0.15) is 383 Å². The number of ether oxygens (including phenoxy) is 4. The molecule has 0 bridgehead atoms. The molecule has 0 spiro atoms. The summed E-state index contributed by atoms with van der Waals surface area (Å²) in [5.74, 6) is 0.926. The maximum Gasteiger partial charge on any atom is 0.472 e. The van der Waals surface area contributed by atoms with Gasteiger partial charge in [-0.3, -0.25) is 37.3 Å². The molecule has 0 amide bonds. The molecule has 17 nitrogen and oxygen atoms in total. The van der Waals surface area contributed by atoms with Crippen LogP contribution in [0.2, 0.25) is 0 Å². The monoisotopic (exact) mass is 1400 g/mol. The van der Waals surface area contributed by atoms with E-state index in [2.05, 4.69) is 55.4 Å². The van der Waals surface area contributed by atoms with Crippen LogP contribution in [0.4, 0.5) is 0 Å². The van der Waals surface area contributed by atoms with Crippen molar-refractivity contribution in [2.24, 2.45) is 23.7 Å². The van der Waals surface area contributed by atoms with Crippen molar-refractivity contribution in [2.75, 3.05) is 39.6 Å². The van der Waals surface area contributed by atoms with Gasteiger partial charge in [-0.25, -0.2) is 9.13 Å². The van der Waals surface area contributed by atoms with Crippen LogP contribution in [-0.4, -0.2) is 96.7 Å². The Kier molecular flexibility index (Phi) is 64.0. The number of aliphatic hydroxyl groups is 1. The summed E-state index contributed by atoms with van der Waals surface area (Å²) in [7, 11) is -9.91. The first-order chi connectivity index (χ1) is 45.6. The van der Waals surface area contributed by atoms with Crippen LogP contribution in [0, 0.1) is 23.7 Å². The first-order valence-electron chi connectivity index (χ1n) is 39.2. The Morgan fingerprint density at radius 1 is 0.263 bits per heavy atom. The summed E-state index contributed by atoms with van der Waals surface area (Å²) in [6.45, 7) is 14.2. The molecule has 0 aliphatic rings. The second kappa shape index (κ2) is 65.4. The standard InChI is InChI=1S/C76H148O17P2/c1-66(2)52-44-36-28-20-14-11-9-10-12-16-25-34-42-50-58-75(80)92-71(62-86-73(78)56-48-40-32-24-17-13-15-21-29-37-45-53-67(3)4)64-90-94(82,83)88-60-70(77)61-89-95(84,85)91-65-72(93-76(81)59-51-43-35-27-19-23-31-39-47-55-69(7)8)63-87-74(79)57-49-41-33-26-18-22-30-38-46-54-68(5)6/h66-72,77H,9-65H2,1-8H3,(H,82,83)(H,84,85)/t70-,71-,72-/m1/s1. The maximum absolute atomic E-state index is 13.1. The summed E-state index contributed by atoms with van der Waals surface area (Å²) in [6, 6.07) is 0. The summed E-state index contributed by atoms with van der Waals surface area (Å²) in [5.41, 5.74) is 0. The zero-order valence-corrected chi connectivity index (χ0v) is 64.1. The van der Waals surface area contributed by atoms with Gasteiger partial charge in [-0.1, -0.05) is 331 Å². The van der Waals surface area contributed by atoms with E-state index in [0.717, 1.165) is 114 Å². The summed E-state index contributed by atoms with van der Waals surface area (Å²) in [4.78, 5) is 72.8. The van der Waals surface area contributed by atoms with Crippen molar-refractivity contribution in [3.8, 4) is 0 Å². The average molecular weight is 1400 g/mol. The largest absolute Gasteiger partial charge is 0.472 e. The minimum Gasteiger partial charge on any atom is -0.462 e. The van der Waals surface area contributed by atoms with Gasteiger partial charge in [0.1, 0.15) is 19.3 Å². The van der Waals surface area contributed by atoms with E-state index in [-0.39, 0.29) is 25.7 Å². The fourth-order valence-electron chi connectivity index (χ4n) is 11.6. The average Bonchev–Trinajstić information content (AvgIpc) is 1.76. The molecule has 0 fully saturated rings. The molecule has 564 valence electrons. The minimum atomic E-state index is -4.96. The van der Waals surface area contributed by atoms with E-state index >= 15 is 0 Å². The van der Waals surface area contributed by atoms with Gasteiger partial charge in [0.2, 0.25) is 0 Å². The van der Waals surface area contributed by atoms with Crippen LogP contribution in [0.15, 0.2) is 0 Å². The number of aliphatic hydroxyl groups excluding tert-OH is 1. The lowest BCUT2D eigenvalue weighted by Gasteiger charge is -2.21. The van der Waals surface area contributed by atoms with Gasteiger partial charge in [0.15, 0.2) is 12.2 Å². The number of phosphoric ester groups is 2. The van der Waals surface area contributed by atoms with Crippen LogP contribution in [0.3, 0.4) is 0 Å². The second-order valence-electron chi connectivity index (χ2n) is 29.3. The zero-order valence-electron chi connectivity index (χ0n) is 62.3. The lowest BCUT2D eigenvalue weighted by Crippen LogP contribution is -2.30. The topological polar surface area (TPSA) is 237 Å². The SMILES string of the molecule is CC(C)CCCCCCCCCCCCCCCCC(=O)O[C@H](COC(=O)CCCCCCCCCCCCCC(C)C)COP(=O)(O)OC[C@@H](O)COP(=O)(O)OC[C@@H](COC(=O)CCCCCCCCCCCC(C)C)OC(=O)CCCCCCCCCCCC(C)C. The molecule has 0 aliphatic carbocycles. The van der Waals surface area contributed by atoms with Gasteiger partial charge in [0.05, 0.1) is 26.4 Å². The molecule has 0 aromatic rings. The van der Waals surface area contributed by atoms with Gasteiger partial charge in [0.25, 0.3) is 0 Å². The Labute approximate surface area is 581 Å². The molecular weight excluding hydrogens is 1250 g/mol. The Hall–Kier alpha value is -1.94. The highest BCUT2D eigenvalue weighted by Crippen LogP contribution is 2.45. The van der Waals surface area contributed by atoms with Gasteiger partial charge < -0.3 is 33.8 Å². The quantitative estimate of drug-likeness (QED) is 0.0222. The van der Waals surface area contributed by atoms with Crippen molar-refractivity contribution < 1.29 is 80.2 Å². The highest BCUT2D eigenvalue weighted by Gasteiger charge is 2.30. The minimum absolute atomic E-state index is 0.105. The van der Waals surface area contributed by atoms with Crippen molar-refractivity contribution in [2.45, 2.75) is 401 Å². The third-order valence-electron chi connectivity index (χ3n) is 17.6. The smallest absolute Gasteiger partial charge is 0.462 e. The molecular formula is C76H148O17P2. The lowest BCUT2D eigenvalue weighted by molar-refractivity contribution is -0.161. The molecule has 2 unspecified atom stereocenters. The van der Waals surface area contributed by atoms with Crippen molar-refractivity contribution in [1.82, 2.24) is 0 Å². The van der Waals surface area contributed by atoms with Crippen molar-refractivity contribution in [3.63, 3.8) is 0 Å². The van der Waals surface area contributed by atoms with Crippen molar-refractivity contribution >= 4 is 39.5 Å². The molecule has 0 rings (SSSR count). The number of unbranched alkanes of at least 4 members (excludes halogenated alkanes) is 39. The molecule has 0 aliphatic heterocycles. The Morgan fingerprint density at radius 2 is 0.442 bits per heavy atom. The van der Waals surface area contributed by atoms with E-state index in [1.165, 1.54) is 186 Å². The van der Waals surface area contributed by atoms with E-state index in [4.69, 9.17) is 37.0 Å². The Morgan fingerprint density at radius 3 is 0.653 bits per heavy atom. The number of hydrogen-bond acceptors (Lipinski definition) is 15. The van der Waals surface area contributed by atoms with E-state index in [1.807, 2.05) is 0 Å². The van der Waals surface area contributed by atoms with Gasteiger partial charge >= 0.3 is 39.5 Å². The third-order valence-corrected chi connectivity index (χ3v) is 19.5. The van der Waals surface area contributed by atoms with Gasteiger partial charge in [-0.05, 0) is 49.4 Å². The predicted octanol–water partition coefficient (Wildman–Crippen LogP) is 22.0. The Bertz CT molecular complexity index is 1870. The third kappa shape index (κ3) is 70.3. The van der Waals surface area contributed by atoms with Crippen LogP contribution in [0.5, 0.6) is 0 Å². The molecule has 3 N–H and O–H groups in total. The number of phosphoric acid groups is 2. The molecule has 0 aromatic heterocycles. The highest BCUT2D eigenvalue weighted by molar-refractivity contribution is 7.47. The fourth-order valence-corrected chi connectivity index (χ4v) is 13.1. The fraction of sp³-hybridized carbons (Fsp3) is 0.947. The van der Waals surface area contributed by atoms with E-state index in [1.54, 1.807) is 0 Å². The summed E-state index contributed by atoms with van der Waals surface area (Å²) in [5, 5.41) is 10.6. The molecule has 0 heterocycles. The van der Waals surface area contributed by atoms with Gasteiger partial charge in [-0.2, -0.15) is 0 Å². The number of hydrogen-bond donors (Lipinski definition) is 3. The first-order valence-corrected chi connectivity index (χ1v) is 42.2. The van der Waals surface area contributed by atoms with E-state index in [9.17, 15) is 43.2 Å². The molecule has 5 atom stereocenters. The predicted molar refractivity (Wildman–Crippen MR) is 386 cm³/mol. The van der Waals surface area contributed by atoms with Crippen molar-refractivity contribution in [1.29, 1.82) is 0 Å². The van der Waals surface area contributed by atoms with Crippen LogP contribution < -0.4 is 0 Å². The lowest BCUT2D eigenvalue weighted by atomic mass is 10.0. The first kappa shape index (κ1) is 93.1. The summed E-state index contributed by atoms with van der Waals surface area (Å²) < 4.78 is 68.5. The number of carbonyl (C=O) groups excluding carboxylic acids is 4. The van der Waals surface area contributed by atoms with Crippen LogP contribution in [0.25, 0.3) is 0 Å². The van der Waals surface area contributed by atoms with Gasteiger partial charge in [0, 0.05) is 25.7 Å². The van der Waals surface area contributed by atoms with Crippen LogP contribution >= 0.6 is 15.6 Å². The normalized spacial score (nSPS) is 14.1. The molecule has 19 heteroatoms. The summed E-state index contributed by atoms with van der Waals surface area (Å²) in [6.07, 6.45) is 49.9. The summed E-state index contributed by atoms with van der Waals surface area (Å²) >= 11 is 0. The molecule has 0 saturated heterocycles.